The molecule has 0 bridgehead atoms. The van der Waals surface area contributed by atoms with Crippen LogP contribution in [0.4, 0.5) is 0 Å². The van der Waals surface area contributed by atoms with E-state index in [0.717, 1.165) is 11.3 Å². The minimum Gasteiger partial charge on any atom is -0.497 e. The number of rotatable bonds is 6. The van der Waals surface area contributed by atoms with Gasteiger partial charge in [0.1, 0.15) is 5.75 Å². The molecule has 1 heterocycles. The standard InChI is InChI=1S/C19H20N2O4S/c1-13-7-8-16(18-9-14(2)21-25-18)11-19(13)26(22,23)20-12-15-5-4-6-17(10-15)24-3/h4-11,20H,12H2,1-3H3. The second kappa shape index (κ2) is 7.31. The molecule has 0 radical (unpaired) electrons. The molecular formula is C19H20N2O4S. The number of aryl methyl sites for hydroxylation is 2. The Morgan fingerprint density at radius 1 is 1.12 bits per heavy atom. The zero-order valence-corrected chi connectivity index (χ0v) is 15.6. The fourth-order valence-electron chi connectivity index (χ4n) is 2.58. The molecule has 0 amide bonds. The summed E-state index contributed by atoms with van der Waals surface area (Å²) in [5, 5.41) is 3.85. The molecule has 1 aromatic heterocycles. The first-order chi connectivity index (χ1) is 12.4. The Morgan fingerprint density at radius 3 is 2.62 bits per heavy atom. The number of sulfonamides is 1. The van der Waals surface area contributed by atoms with Crippen molar-refractivity contribution in [3.63, 3.8) is 0 Å². The lowest BCUT2D eigenvalue weighted by Crippen LogP contribution is -2.24. The minimum absolute atomic E-state index is 0.171. The van der Waals surface area contributed by atoms with Gasteiger partial charge in [-0.25, -0.2) is 13.1 Å². The molecule has 0 saturated carbocycles. The third-order valence-corrected chi connectivity index (χ3v) is 5.53. The molecule has 0 atom stereocenters. The number of methoxy groups -OCH3 is 1. The normalized spacial score (nSPS) is 11.5. The molecular weight excluding hydrogens is 352 g/mol. The summed E-state index contributed by atoms with van der Waals surface area (Å²) >= 11 is 0. The fourth-order valence-corrected chi connectivity index (χ4v) is 3.87. The number of nitrogens with one attached hydrogen (secondary N) is 1. The molecule has 3 rings (SSSR count). The summed E-state index contributed by atoms with van der Waals surface area (Å²) in [5.74, 6) is 1.22. The summed E-state index contributed by atoms with van der Waals surface area (Å²) in [4.78, 5) is 0.215. The van der Waals surface area contributed by atoms with Gasteiger partial charge in [-0.2, -0.15) is 0 Å². The van der Waals surface area contributed by atoms with Gasteiger partial charge in [0.2, 0.25) is 10.0 Å². The fraction of sp³-hybridized carbons (Fsp3) is 0.211. The lowest BCUT2D eigenvalue weighted by atomic mass is 10.1. The topological polar surface area (TPSA) is 81.4 Å². The molecule has 7 heteroatoms. The zero-order chi connectivity index (χ0) is 18.7. The molecule has 0 unspecified atom stereocenters. The van der Waals surface area contributed by atoms with Gasteiger partial charge in [-0.05, 0) is 43.2 Å². The Morgan fingerprint density at radius 2 is 1.92 bits per heavy atom. The van der Waals surface area contributed by atoms with E-state index in [-0.39, 0.29) is 11.4 Å². The average Bonchev–Trinajstić information content (AvgIpc) is 3.07. The largest absolute Gasteiger partial charge is 0.497 e. The molecule has 3 aromatic rings. The van der Waals surface area contributed by atoms with Crippen LogP contribution in [0.25, 0.3) is 11.3 Å². The van der Waals surface area contributed by atoms with E-state index < -0.39 is 10.0 Å². The Hall–Kier alpha value is -2.64. The SMILES string of the molecule is COc1cccc(CNS(=O)(=O)c2cc(-c3cc(C)no3)ccc2C)c1. The predicted molar refractivity (Wildman–Crippen MR) is 98.4 cm³/mol. The van der Waals surface area contributed by atoms with Crippen LogP contribution in [0, 0.1) is 13.8 Å². The van der Waals surface area contributed by atoms with E-state index in [1.54, 1.807) is 38.3 Å². The Labute approximate surface area is 152 Å². The van der Waals surface area contributed by atoms with Crippen LogP contribution in [0.15, 0.2) is 57.9 Å². The van der Waals surface area contributed by atoms with Crippen molar-refractivity contribution in [1.82, 2.24) is 9.88 Å². The van der Waals surface area contributed by atoms with Gasteiger partial charge in [0.25, 0.3) is 0 Å². The summed E-state index contributed by atoms with van der Waals surface area (Å²) in [7, 11) is -2.11. The lowest BCUT2D eigenvalue weighted by Gasteiger charge is -2.11. The van der Waals surface area contributed by atoms with Gasteiger partial charge >= 0.3 is 0 Å². The van der Waals surface area contributed by atoms with Crippen molar-refractivity contribution in [2.75, 3.05) is 7.11 Å². The van der Waals surface area contributed by atoms with Crippen molar-refractivity contribution in [2.45, 2.75) is 25.3 Å². The lowest BCUT2D eigenvalue weighted by molar-refractivity contribution is 0.414. The Bertz CT molecular complexity index is 1030. The number of hydrogen-bond donors (Lipinski definition) is 1. The highest BCUT2D eigenvalue weighted by atomic mass is 32.2. The first kappa shape index (κ1) is 18.2. The van der Waals surface area contributed by atoms with Crippen LogP contribution in [0.2, 0.25) is 0 Å². The van der Waals surface area contributed by atoms with Crippen molar-refractivity contribution in [3.8, 4) is 17.1 Å². The smallest absolute Gasteiger partial charge is 0.241 e. The van der Waals surface area contributed by atoms with Crippen molar-refractivity contribution < 1.29 is 17.7 Å². The summed E-state index contributed by atoms with van der Waals surface area (Å²) < 4.78 is 38.6. The molecule has 0 spiro atoms. The van der Waals surface area contributed by atoms with E-state index in [1.807, 2.05) is 31.2 Å². The van der Waals surface area contributed by atoms with Crippen molar-refractivity contribution in [2.24, 2.45) is 0 Å². The summed E-state index contributed by atoms with van der Waals surface area (Å²) in [5.41, 5.74) is 2.87. The predicted octanol–water partition coefficient (Wildman–Crippen LogP) is 3.45. The molecule has 1 N–H and O–H groups in total. The second-order valence-corrected chi connectivity index (χ2v) is 7.72. The zero-order valence-electron chi connectivity index (χ0n) is 14.8. The van der Waals surface area contributed by atoms with Gasteiger partial charge in [-0.1, -0.05) is 29.4 Å². The molecule has 26 heavy (non-hydrogen) atoms. The van der Waals surface area contributed by atoms with Crippen LogP contribution < -0.4 is 9.46 Å². The van der Waals surface area contributed by atoms with Crippen molar-refractivity contribution in [1.29, 1.82) is 0 Å². The Balaban J connectivity index is 1.86. The van der Waals surface area contributed by atoms with Crippen molar-refractivity contribution >= 4 is 10.0 Å². The van der Waals surface area contributed by atoms with Crippen LogP contribution >= 0.6 is 0 Å². The molecule has 0 saturated heterocycles. The maximum atomic E-state index is 12.8. The van der Waals surface area contributed by atoms with Gasteiger partial charge < -0.3 is 9.26 Å². The maximum absolute atomic E-state index is 12.8. The summed E-state index contributed by atoms with van der Waals surface area (Å²) in [6.07, 6.45) is 0. The minimum atomic E-state index is -3.69. The number of benzene rings is 2. The van der Waals surface area contributed by atoms with E-state index in [2.05, 4.69) is 9.88 Å². The average molecular weight is 372 g/mol. The van der Waals surface area contributed by atoms with Crippen LogP contribution in [0.1, 0.15) is 16.8 Å². The number of ether oxygens (including phenoxy) is 1. The molecule has 0 aliphatic heterocycles. The number of aromatic nitrogens is 1. The highest BCUT2D eigenvalue weighted by molar-refractivity contribution is 7.89. The van der Waals surface area contributed by atoms with Gasteiger partial charge in [-0.15, -0.1) is 0 Å². The number of hydrogen-bond acceptors (Lipinski definition) is 5. The Kier molecular flexibility index (Phi) is 5.11. The third-order valence-electron chi connectivity index (χ3n) is 3.99. The molecule has 0 aliphatic carbocycles. The number of nitrogens with zero attached hydrogens (tertiary/aromatic N) is 1. The summed E-state index contributed by atoms with van der Waals surface area (Å²) in [6, 6.07) is 14.2. The highest BCUT2D eigenvalue weighted by Crippen LogP contribution is 2.26. The van der Waals surface area contributed by atoms with E-state index in [9.17, 15) is 8.42 Å². The highest BCUT2D eigenvalue weighted by Gasteiger charge is 2.18. The molecule has 0 aliphatic rings. The van der Waals surface area contributed by atoms with Gasteiger partial charge in [0, 0.05) is 18.2 Å². The maximum Gasteiger partial charge on any atom is 0.241 e. The molecule has 0 fully saturated rings. The van der Waals surface area contributed by atoms with Crippen LogP contribution in [0.3, 0.4) is 0 Å². The van der Waals surface area contributed by atoms with Crippen LogP contribution in [0.5, 0.6) is 5.75 Å². The van der Waals surface area contributed by atoms with E-state index in [1.165, 1.54) is 0 Å². The second-order valence-electron chi connectivity index (χ2n) is 5.99. The van der Waals surface area contributed by atoms with E-state index >= 15 is 0 Å². The van der Waals surface area contributed by atoms with E-state index in [0.29, 0.717) is 22.6 Å². The molecule has 2 aromatic carbocycles. The van der Waals surface area contributed by atoms with Gasteiger partial charge in [-0.3, -0.25) is 0 Å². The third kappa shape index (κ3) is 3.95. The van der Waals surface area contributed by atoms with Crippen molar-refractivity contribution in [3.05, 3.63) is 65.4 Å². The van der Waals surface area contributed by atoms with Crippen LogP contribution in [-0.2, 0) is 16.6 Å². The van der Waals surface area contributed by atoms with Crippen LogP contribution in [-0.4, -0.2) is 20.7 Å². The first-order valence-corrected chi connectivity index (χ1v) is 9.54. The molecule has 6 nitrogen and oxygen atoms in total. The van der Waals surface area contributed by atoms with Gasteiger partial charge in [0.15, 0.2) is 5.76 Å². The van der Waals surface area contributed by atoms with E-state index in [4.69, 9.17) is 9.26 Å². The quantitative estimate of drug-likeness (QED) is 0.717. The van der Waals surface area contributed by atoms with Gasteiger partial charge in [0.05, 0.1) is 17.7 Å². The summed E-state index contributed by atoms with van der Waals surface area (Å²) in [6.45, 7) is 3.74. The monoisotopic (exact) mass is 372 g/mol. The molecule has 136 valence electrons. The first-order valence-electron chi connectivity index (χ1n) is 8.06.